The number of rotatable bonds is 9. The summed E-state index contributed by atoms with van der Waals surface area (Å²) in [6.45, 7) is 3.97. The van der Waals surface area contributed by atoms with E-state index in [1.807, 2.05) is 17.0 Å². The Balaban J connectivity index is 0.694. The summed E-state index contributed by atoms with van der Waals surface area (Å²) in [5, 5.41) is 23.6. The summed E-state index contributed by atoms with van der Waals surface area (Å²) < 4.78 is 21.6. The van der Waals surface area contributed by atoms with Crippen LogP contribution in [0.4, 0.5) is 15.9 Å². The number of carbonyl (C=O) groups excluding carboxylic acids is 5. The van der Waals surface area contributed by atoms with Gasteiger partial charge in [-0.25, -0.2) is 4.39 Å². The quantitative estimate of drug-likeness (QED) is 0.299. The van der Waals surface area contributed by atoms with E-state index in [9.17, 15) is 24.0 Å². The van der Waals surface area contributed by atoms with Crippen molar-refractivity contribution in [2.45, 2.75) is 81.6 Å². The fraction of sp³-hybridized carbons (Fsp3) is 0.488. The van der Waals surface area contributed by atoms with Gasteiger partial charge in [-0.15, -0.1) is 10.2 Å². The molecular formula is C43H43ClFN9O6. The first-order valence-corrected chi connectivity index (χ1v) is 21.2. The van der Waals surface area contributed by atoms with Crippen molar-refractivity contribution in [2.24, 2.45) is 17.8 Å². The van der Waals surface area contributed by atoms with Crippen LogP contribution in [0, 0.1) is 34.9 Å². The van der Waals surface area contributed by atoms with Crippen LogP contribution in [-0.2, 0) is 9.59 Å². The van der Waals surface area contributed by atoms with E-state index in [-0.39, 0.29) is 47.7 Å². The lowest BCUT2D eigenvalue weighted by molar-refractivity contribution is -0.136. The predicted octanol–water partition coefficient (Wildman–Crippen LogP) is 3.70. The van der Waals surface area contributed by atoms with E-state index in [2.05, 4.69) is 30.6 Å². The molecule has 5 amide bonds. The second kappa shape index (κ2) is 15.1. The summed E-state index contributed by atoms with van der Waals surface area (Å²) in [6, 6.07) is 13.0. The van der Waals surface area contributed by atoms with Crippen molar-refractivity contribution >= 4 is 52.6 Å². The molecule has 2 N–H and O–H groups in total. The molecular weight excluding hydrogens is 793 g/mol. The van der Waals surface area contributed by atoms with Crippen LogP contribution in [-0.4, -0.2) is 113 Å². The van der Waals surface area contributed by atoms with Gasteiger partial charge in [0.05, 0.1) is 33.5 Å². The Hall–Kier alpha value is -5.66. The van der Waals surface area contributed by atoms with Gasteiger partial charge in [0.2, 0.25) is 11.8 Å². The Morgan fingerprint density at radius 3 is 2.25 bits per heavy atom. The first-order valence-electron chi connectivity index (χ1n) is 20.8. The lowest BCUT2D eigenvalue weighted by Gasteiger charge is -2.42. The number of carbonyl (C=O) groups is 5. The third-order valence-electron chi connectivity index (χ3n) is 13.9. The number of ether oxygens (including phenoxy) is 1. The summed E-state index contributed by atoms with van der Waals surface area (Å²) in [4.78, 5) is 71.5. The van der Waals surface area contributed by atoms with Crippen LogP contribution < -0.4 is 25.2 Å². The number of piperazine rings is 1. The second-order valence-corrected chi connectivity index (χ2v) is 17.7. The summed E-state index contributed by atoms with van der Waals surface area (Å²) in [5.74, 6) is -0.590. The topological polar surface area (TPSA) is 181 Å². The maximum atomic E-state index is 15.5. The minimum Gasteiger partial charge on any atom is -0.490 e. The molecule has 0 spiro atoms. The maximum absolute atomic E-state index is 15.5. The number of fused-ring (bicyclic) bond motifs is 4. The van der Waals surface area contributed by atoms with Gasteiger partial charge in [-0.1, -0.05) is 11.6 Å². The van der Waals surface area contributed by atoms with Crippen molar-refractivity contribution in [2.75, 3.05) is 42.5 Å². The highest BCUT2D eigenvalue weighted by Gasteiger charge is 2.58. The fourth-order valence-electron chi connectivity index (χ4n) is 10.6. The maximum Gasteiger partial charge on any atom is 0.272 e. The molecule has 4 saturated heterocycles. The molecule has 60 heavy (non-hydrogen) atoms. The van der Waals surface area contributed by atoms with Gasteiger partial charge in [-0.2, -0.15) is 5.26 Å². The molecule has 17 heteroatoms. The molecule has 6 fully saturated rings. The molecule has 3 aromatic rings. The van der Waals surface area contributed by atoms with Crippen LogP contribution in [0.15, 0.2) is 42.5 Å². The number of imide groups is 2. The van der Waals surface area contributed by atoms with E-state index < -0.39 is 35.5 Å². The van der Waals surface area contributed by atoms with Crippen molar-refractivity contribution in [1.82, 2.24) is 30.6 Å². The Kier molecular flexibility index (Phi) is 9.70. The zero-order valence-corrected chi connectivity index (χ0v) is 33.4. The normalized spacial score (nSPS) is 29.6. The standard InChI is InChI=1S/C43H43ClFN9O6/c44-33-13-27(6-1-22(33)16-46)60-26-7-2-23(3-8-26)47-40(56)35-9-11-38(50-49-35)52-17-24-4-5-25(18-52)53(24)21-32-30-19-51(20-31(30)32)37-15-29-28(14-34(37)45)42(58)54(43(29)59)36-10-12-39(55)48-41(36)57/h1,6,9,11,13-15,23-26,30-32,36H,2-5,7-8,10,12,17-21H2,(H,47,56)(H,48,55,57)/t23?,24-,25+,26?,30-,31+,32?,36?. The van der Waals surface area contributed by atoms with E-state index in [4.69, 9.17) is 21.6 Å². The van der Waals surface area contributed by atoms with E-state index in [1.165, 1.54) is 6.07 Å². The van der Waals surface area contributed by atoms with Crippen molar-refractivity contribution in [3.8, 4) is 11.8 Å². The average molecular weight is 836 g/mol. The van der Waals surface area contributed by atoms with Crippen molar-refractivity contribution in [3.05, 3.63) is 75.7 Å². The molecule has 5 aliphatic heterocycles. The lowest BCUT2D eigenvalue weighted by atomic mass is 9.93. The molecule has 2 bridgehead atoms. The molecule has 2 aromatic carbocycles. The number of nitrogens with one attached hydrogen (secondary N) is 2. The number of piperidine rings is 2. The number of nitriles is 1. The van der Waals surface area contributed by atoms with Gasteiger partial charge in [0, 0.05) is 63.3 Å². The van der Waals surface area contributed by atoms with Crippen molar-refractivity contribution < 1.29 is 33.1 Å². The number of benzene rings is 2. The number of amides is 5. The highest BCUT2D eigenvalue weighted by atomic mass is 35.5. The smallest absolute Gasteiger partial charge is 0.272 e. The molecule has 2 saturated carbocycles. The minimum absolute atomic E-state index is 0.00592. The van der Waals surface area contributed by atoms with Gasteiger partial charge < -0.3 is 19.9 Å². The average Bonchev–Trinajstić information content (AvgIpc) is 3.41. The van der Waals surface area contributed by atoms with E-state index >= 15 is 4.39 Å². The summed E-state index contributed by atoms with van der Waals surface area (Å²) in [5.41, 5.74) is 1.02. The van der Waals surface area contributed by atoms with Gasteiger partial charge in [0.1, 0.15) is 23.7 Å². The fourth-order valence-corrected chi connectivity index (χ4v) is 10.8. The third kappa shape index (κ3) is 6.91. The van der Waals surface area contributed by atoms with E-state index in [0.717, 1.165) is 74.9 Å². The number of halogens is 2. The monoisotopic (exact) mass is 835 g/mol. The second-order valence-electron chi connectivity index (χ2n) is 17.3. The SMILES string of the molecule is N#Cc1ccc(OC2CCC(NC(=O)c3ccc(N4C[C@H]5CC[C@@H](C4)N5CC4[C@H]5CN(c6cc7c(cc6F)C(=O)N(C6CCC(=O)NC6=O)C7=O)C[C@@H]45)nn3)CC2)cc1Cl. The lowest BCUT2D eigenvalue weighted by Crippen LogP contribution is -2.54. The van der Waals surface area contributed by atoms with E-state index in [0.29, 0.717) is 64.9 Å². The number of hydrogen-bond donors (Lipinski definition) is 2. The first kappa shape index (κ1) is 38.5. The van der Waals surface area contributed by atoms with Crippen LogP contribution in [0.25, 0.3) is 0 Å². The zero-order chi connectivity index (χ0) is 41.4. The Labute approximate surface area is 350 Å². The molecule has 6 heterocycles. The summed E-state index contributed by atoms with van der Waals surface area (Å²) >= 11 is 6.15. The minimum atomic E-state index is -1.10. The highest BCUT2D eigenvalue weighted by Crippen LogP contribution is 2.54. The molecule has 2 aliphatic carbocycles. The Morgan fingerprint density at radius 1 is 0.883 bits per heavy atom. The summed E-state index contributed by atoms with van der Waals surface area (Å²) in [7, 11) is 0. The van der Waals surface area contributed by atoms with Gasteiger partial charge in [0.25, 0.3) is 17.7 Å². The van der Waals surface area contributed by atoms with Crippen LogP contribution >= 0.6 is 11.6 Å². The number of aromatic nitrogens is 2. The molecule has 10 rings (SSSR count). The Morgan fingerprint density at radius 2 is 1.60 bits per heavy atom. The molecule has 6 atom stereocenters. The Bertz CT molecular complexity index is 2330. The van der Waals surface area contributed by atoms with Crippen molar-refractivity contribution in [1.29, 1.82) is 5.26 Å². The van der Waals surface area contributed by atoms with Crippen molar-refractivity contribution in [3.63, 3.8) is 0 Å². The molecule has 310 valence electrons. The molecule has 1 aromatic heterocycles. The number of nitrogens with zero attached hydrogens (tertiary/aromatic N) is 7. The van der Waals surface area contributed by atoms with Crippen LogP contribution in [0.1, 0.15) is 88.1 Å². The predicted molar refractivity (Wildman–Crippen MR) is 214 cm³/mol. The van der Waals surface area contributed by atoms with E-state index in [1.54, 1.807) is 24.3 Å². The molecule has 2 unspecified atom stereocenters. The molecule has 7 aliphatic rings. The van der Waals surface area contributed by atoms with Crippen LogP contribution in [0.5, 0.6) is 5.75 Å². The van der Waals surface area contributed by atoms with Gasteiger partial charge in [-0.3, -0.25) is 39.1 Å². The van der Waals surface area contributed by atoms with Gasteiger partial charge >= 0.3 is 0 Å². The van der Waals surface area contributed by atoms with Gasteiger partial charge in [-0.05, 0) is 99.1 Å². The molecule has 15 nitrogen and oxygen atoms in total. The van der Waals surface area contributed by atoms with Crippen LogP contribution in [0.3, 0.4) is 0 Å². The van der Waals surface area contributed by atoms with Gasteiger partial charge in [0.15, 0.2) is 11.5 Å². The number of hydrogen-bond acceptors (Lipinski definition) is 12. The van der Waals surface area contributed by atoms with Crippen LogP contribution in [0.2, 0.25) is 5.02 Å². The highest BCUT2D eigenvalue weighted by molar-refractivity contribution is 6.31. The summed E-state index contributed by atoms with van der Waals surface area (Å²) in [6.07, 6.45) is 5.36. The third-order valence-corrected chi connectivity index (χ3v) is 14.2. The first-order chi connectivity index (χ1) is 29.0. The largest absolute Gasteiger partial charge is 0.490 e. The molecule has 0 radical (unpaired) electrons. The zero-order valence-electron chi connectivity index (χ0n) is 32.7. The number of anilines is 2.